The largest absolute Gasteiger partial charge is 0.452 e. The molecule has 0 fully saturated rings. The van der Waals surface area contributed by atoms with Gasteiger partial charge in [-0.2, -0.15) is 0 Å². The number of esters is 1. The first kappa shape index (κ1) is 18.2. The van der Waals surface area contributed by atoms with Crippen LogP contribution in [0.3, 0.4) is 0 Å². The van der Waals surface area contributed by atoms with Gasteiger partial charge in [0.05, 0.1) is 11.6 Å². The highest BCUT2D eigenvalue weighted by atomic mass is 16.5. The lowest BCUT2D eigenvalue weighted by atomic mass is 9.87. The zero-order valence-electron chi connectivity index (χ0n) is 15.6. The standard InChI is InChI=1S/C22H25NO3/c1-15-8-6-12-18(16(15)2)22(25)26-14-21(24)23(3)20-13-7-10-17-9-4-5-11-19(17)20/h4-6,8-9,11-12,20H,7,10,13-14H2,1-3H3. The van der Waals surface area contributed by atoms with Crippen LogP contribution in [0.5, 0.6) is 0 Å². The zero-order valence-corrected chi connectivity index (χ0v) is 15.6. The van der Waals surface area contributed by atoms with Gasteiger partial charge in [0.1, 0.15) is 0 Å². The van der Waals surface area contributed by atoms with Crippen LogP contribution in [0.4, 0.5) is 0 Å². The first-order valence-corrected chi connectivity index (χ1v) is 9.06. The summed E-state index contributed by atoms with van der Waals surface area (Å²) in [7, 11) is 1.79. The van der Waals surface area contributed by atoms with E-state index < -0.39 is 5.97 Å². The molecule has 3 rings (SSSR count). The van der Waals surface area contributed by atoms with Gasteiger partial charge in [0, 0.05) is 7.05 Å². The van der Waals surface area contributed by atoms with Crippen LogP contribution in [0.25, 0.3) is 0 Å². The number of nitrogens with zero attached hydrogens (tertiary/aromatic N) is 1. The van der Waals surface area contributed by atoms with Crippen LogP contribution in [0.2, 0.25) is 0 Å². The smallest absolute Gasteiger partial charge is 0.338 e. The van der Waals surface area contributed by atoms with E-state index in [4.69, 9.17) is 4.74 Å². The number of hydrogen-bond donors (Lipinski definition) is 0. The number of aryl methyl sites for hydroxylation is 2. The molecule has 0 spiro atoms. The Balaban J connectivity index is 1.65. The Hall–Kier alpha value is -2.62. The molecule has 1 atom stereocenters. The van der Waals surface area contributed by atoms with Gasteiger partial charge in [-0.3, -0.25) is 4.79 Å². The van der Waals surface area contributed by atoms with Crippen molar-refractivity contribution in [2.24, 2.45) is 0 Å². The number of likely N-dealkylation sites (N-methyl/N-ethyl adjacent to an activating group) is 1. The van der Waals surface area contributed by atoms with Gasteiger partial charge in [-0.15, -0.1) is 0 Å². The summed E-state index contributed by atoms with van der Waals surface area (Å²) < 4.78 is 5.30. The molecule has 0 saturated carbocycles. The van der Waals surface area contributed by atoms with E-state index >= 15 is 0 Å². The fraction of sp³-hybridized carbons (Fsp3) is 0.364. The van der Waals surface area contributed by atoms with E-state index in [2.05, 4.69) is 12.1 Å². The molecule has 1 amide bonds. The quantitative estimate of drug-likeness (QED) is 0.782. The van der Waals surface area contributed by atoms with Crippen LogP contribution in [0.1, 0.15) is 51.5 Å². The van der Waals surface area contributed by atoms with Crippen LogP contribution in [-0.4, -0.2) is 30.4 Å². The number of hydrogen-bond acceptors (Lipinski definition) is 3. The minimum Gasteiger partial charge on any atom is -0.452 e. The summed E-state index contributed by atoms with van der Waals surface area (Å²) in [6.45, 7) is 3.60. The minimum absolute atomic E-state index is 0.0480. The number of amides is 1. The van der Waals surface area contributed by atoms with Crippen molar-refractivity contribution in [3.8, 4) is 0 Å². The van der Waals surface area contributed by atoms with Gasteiger partial charge in [0.2, 0.25) is 0 Å². The normalized spacial score (nSPS) is 15.9. The van der Waals surface area contributed by atoms with Crippen molar-refractivity contribution in [3.05, 3.63) is 70.3 Å². The third-order valence-corrected chi connectivity index (χ3v) is 5.35. The number of carbonyl (C=O) groups is 2. The van der Waals surface area contributed by atoms with Crippen molar-refractivity contribution in [3.63, 3.8) is 0 Å². The van der Waals surface area contributed by atoms with Crippen molar-refractivity contribution in [2.45, 2.75) is 39.2 Å². The predicted octanol–water partition coefficient (Wildman–Crippen LogP) is 4.00. The van der Waals surface area contributed by atoms with Gasteiger partial charge in [0.15, 0.2) is 6.61 Å². The number of benzene rings is 2. The molecule has 136 valence electrons. The predicted molar refractivity (Wildman–Crippen MR) is 101 cm³/mol. The fourth-order valence-corrected chi connectivity index (χ4v) is 3.58. The molecule has 4 heteroatoms. The summed E-state index contributed by atoms with van der Waals surface area (Å²) in [5, 5.41) is 0. The lowest BCUT2D eigenvalue weighted by Crippen LogP contribution is -2.36. The molecule has 1 aliphatic carbocycles. The van der Waals surface area contributed by atoms with E-state index in [-0.39, 0.29) is 18.6 Å². The second-order valence-corrected chi connectivity index (χ2v) is 6.94. The van der Waals surface area contributed by atoms with Crippen LogP contribution in [0, 0.1) is 13.8 Å². The number of carbonyl (C=O) groups excluding carboxylic acids is 2. The van der Waals surface area contributed by atoms with Crippen molar-refractivity contribution < 1.29 is 14.3 Å². The zero-order chi connectivity index (χ0) is 18.7. The number of fused-ring (bicyclic) bond motifs is 1. The second-order valence-electron chi connectivity index (χ2n) is 6.94. The molecule has 26 heavy (non-hydrogen) atoms. The second kappa shape index (κ2) is 7.73. The molecule has 0 N–H and O–H groups in total. The highest BCUT2D eigenvalue weighted by Gasteiger charge is 2.27. The molecular weight excluding hydrogens is 326 g/mol. The summed E-state index contributed by atoms with van der Waals surface area (Å²) in [5.74, 6) is -0.623. The Labute approximate surface area is 154 Å². The van der Waals surface area contributed by atoms with E-state index in [1.54, 1.807) is 18.0 Å². The maximum absolute atomic E-state index is 12.6. The summed E-state index contributed by atoms with van der Waals surface area (Å²) >= 11 is 0. The third kappa shape index (κ3) is 3.64. The van der Waals surface area contributed by atoms with Crippen molar-refractivity contribution >= 4 is 11.9 Å². The molecule has 0 heterocycles. The minimum atomic E-state index is -0.447. The average molecular weight is 351 g/mol. The molecule has 0 aromatic heterocycles. The van der Waals surface area contributed by atoms with E-state index in [0.717, 1.165) is 30.4 Å². The van der Waals surface area contributed by atoms with Crippen LogP contribution < -0.4 is 0 Å². The van der Waals surface area contributed by atoms with E-state index in [0.29, 0.717) is 5.56 Å². The molecule has 4 nitrogen and oxygen atoms in total. The Morgan fingerprint density at radius 3 is 2.69 bits per heavy atom. The van der Waals surface area contributed by atoms with Gasteiger partial charge in [0.25, 0.3) is 5.91 Å². The average Bonchev–Trinajstić information content (AvgIpc) is 2.67. The Kier molecular flexibility index (Phi) is 5.40. The van der Waals surface area contributed by atoms with Gasteiger partial charge < -0.3 is 9.64 Å². The van der Waals surface area contributed by atoms with Crippen molar-refractivity contribution in [2.75, 3.05) is 13.7 Å². The number of ether oxygens (including phenoxy) is 1. The third-order valence-electron chi connectivity index (χ3n) is 5.35. The first-order chi connectivity index (χ1) is 12.5. The van der Waals surface area contributed by atoms with E-state index in [1.165, 1.54) is 11.1 Å². The Morgan fingerprint density at radius 1 is 1.12 bits per heavy atom. The molecule has 0 saturated heterocycles. The first-order valence-electron chi connectivity index (χ1n) is 9.06. The molecule has 2 aromatic rings. The molecule has 1 unspecified atom stereocenters. The number of rotatable bonds is 4. The molecule has 2 aromatic carbocycles. The van der Waals surface area contributed by atoms with Gasteiger partial charge in [-0.25, -0.2) is 4.79 Å². The van der Waals surface area contributed by atoms with Crippen LogP contribution in [0.15, 0.2) is 42.5 Å². The lowest BCUT2D eigenvalue weighted by Gasteiger charge is -2.33. The molecule has 0 aliphatic heterocycles. The van der Waals surface area contributed by atoms with Crippen LogP contribution >= 0.6 is 0 Å². The Bertz CT molecular complexity index is 828. The topological polar surface area (TPSA) is 46.6 Å². The highest BCUT2D eigenvalue weighted by Crippen LogP contribution is 2.33. The van der Waals surface area contributed by atoms with Crippen molar-refractivity contribution in [1.29, 1.82) is 0 Å². The maximum Gasteiger partial charge on any atom is 0.338 e. The Morgan fingerprint density at radius 2 is 1.88 bits per heavy atom. The monoisotopic (exact) mass is 351 g/mol. The summed E-state index contributed by atoms with van der Waals surface area (Å²) in [6, 6.07) is 13.8. The molecular formula is C22H25NO3. The summed E-state index contributed by atoms with van der Waals surface area (Å²) in [4.78, 5) is 26.6. The lowest BCUT2D eigenvalue weighted by molar-refractivity contribution is -0.135. The fourth-order valence-electron chi connectivity index (χ4n) is 3.58. The van der Waals surface area contributed by atoms with Crippen molar-refractivity contribution in [1.82, 2.24) is 4.90 Å². The molecule has 0 bridgehead atoms. The SMILES string of the molecule is Cc1cccc(C(=O)OCC(=O)N(C)C2CCCc3ccccc32)c1C. The van der Waals surface area contributed by atoms with E-state index in [1.807, 2.05) is 38.1 Å². The summed E-state index contributed by atoms with van der Waals surface area (Å²) in [6.07, 6.45) is 3.04. The van der Waals surface area contributed by atoms with Gasteiger partial charge in [-0.1, -0.05) is 36.4 Å². The summed E-state index contributed by atoms with van der Waals surface area (Å²) in [5.41, 5.74) is 4.94. The maximum atomic E-state index is 12.6. The van der Waals surface area contributed by atoms with Gasteiger partial charge in [-0.05, 0) is 61.4 Å². The van der Waals surface area contributed by atoms with Crippen LogP contribution in [-0.2, 0) is 16.0 Å². The van der Waals surface area contributed by atoms with Gasteiger partial charge >= 0.3 is 5.97 Å². The highest BCUT2D eigenvalue weighted by molar-refractivity contribution is 5.93. The molecule has 1 aliphatic rings. The van der Waals surface area contributed by atoms with E-state index in [9.17, 15) is 9.59 Å². The molecule has 0 radical (unpaired) electrons.